The lowest BCUT2D eigenvalue weighted by atomic mass is 9.76. The summed E-state index contributed by atoms with van der Waals surface area (Å²) in [7, 11) is 0. The molecule has 2 N–H and O–H groups in total. The Morgan fingerprint density at radius 1 is 0.943 bits per heavy atom. The van der Waals surface area contributed by atoms with Crippen LogP contribution in [0.25, 0.3) is 0 Å². The lowest BCUT2D eigenvalue weighted by molar-refractivity contribution is -0.348. The van der Waals surface area contributed by atoms with Crippen LogP contribution in [0.5, 0.6) is 0 Å². The molecule has 1 aliphatic heterocycles. The molecule has 4 rings (SSSR count). The molecule has 0 radical (unpaired) electrons. The van der Waals surface area contributed by atoms with Gasteiger partial charge in [-0.2, -0.15) is 26.3 Å². The van der Waals surface area contributed by atoms with Gasteiger partial charge in [-0.3, -0.25) is 9.59 Å². The van der Waals surface area contributed by atoms with Crippen molar-refractivity contribution in [2.75, 3.05) is 6.54 Å². The minimum Gasteiger partial charge on any atom is -0.481 e. The molecule has 1 saturated carbocycles. The second kappa shape index (κ2) is 8.35. The number of fused-ring (bicyclic) bond motifs is 3. The van der Waals surface area contributed by atoms with E-state index >= 15 is 0 Å². The Labute approximate surface area is 195 Å². The van der Waals surface area contributed by atoms with Gasteiger partial charge in [0.25, 0.3) is 5.91 Å². The van der Waals surface area contributed by atoms with Crippen LogP contribution in [0.2, 0.25) is 0 Å². The van der Waals surface area contributed by atoms with Crippen molar-refractivity contribution in [3.8, 4) is 0 Å². The topological polar surface area (TPSA) is 77.8 Å². The molecule has 1 aromatic carbocycles. The van der Waals surface area contributed by atoms with E-state index in [1.54, 1.807) is 0 Å². The number of carbonyl (C=O) groups is 2. The predicted octanol–water partition coefficient (Wildman–Crippen LogP) is 4.61. The maximum Gasteiger partial charge on any atom is 0.435 e. The highest BCUT2D eigenvalue weighted by atomic mass is 19.4. The molecule has 0 spiro atoms. The molecule has 1 heterocycles. The molecule has 2 atom stereocenters. The van der Waals surface area contributed by atoms with E-state index in [1.807, 2.05) is 0 Å². The molecule has 2 fully saturated rings. The van der Waals surface area contributed by atoms with E-state index in [-0.39, 0.29) is 56.6 Å². The fraction of sp³-hybridized carbons (Fsp3) is 0.652. The zero-order chi connectivity index (χ0) is 26.0. The highest BCUT2D eigenvalue weighted by molar-refractivity contribution is 5.86. The zero-order valence-electron chi connectivity index (χ0n) is 18.4. The molecule has 12 heteroatoms. The Morgan fingerprint density at radius 2 is 1.54 bits per heavy atom. The van der Waals surface area contributed by atoms with Gasteiger partial charge in [0.15, 0.2) is 0 Å². The number of benzene rings is 1. The van der Waals surface area contributed by atoms with Crippen molar-refractivity contribution < 1.29 is 50.5 Å². The molecular formula is C23H24F7NO4. The van der Waals surface area contributed by atoms with Gasteiger partial charge in [0.05, 0.1) is 5.92 Å². The molecule has 2 aliphatic carbocycles. The molecular weight excluding hydrogens is 487 g/mol. The lowest BCUT2D eigenvalue weighted by Crippen LogP contribution is -2.53. The number of nitrogens with zero attached hydrogens (tertiary/aromatic N) is 1. The first-order valence-corrected chi connectivity index (χ1v) is 11.3. The highest BCUT2D eigenvalue weighted by Gasteiger charge is 2.73. The number of halogens is 7. The van der Waals surface area contributed by atoms with Gasteiger partial charge in [-0.05, 0) is 56.1 Å². The van der Waals surface area contributed by atoms with Crippen molar-refractivity contribution in [2.45, 2.75) is 80.5 Å². The number of rotatable bonds is 3. The number of likely N-dealkylation sites (tertiary alicyclic amines) is 1. The highest BCUT2D eigenvalue weighted by Crippen LogP contribution is 2.54. The van der Waals surface area contributed by atoms with E-state index in [9.17, 15) is 45.4 Å². The number of alkyl halides is 7. The predicted molar refractivity (Wildman–Crippen MR) is 107 cm³/mol. The third-order valence-corrected chi connectivity index (χ3v) is 7.80. The van der Waals surface area contributed by atoms with Crippen molar-refractivity contribution in [1.82, 2.24) is 4.90 Å². The summed E-state index contributed by atoms with van der Waals surface area (Å²) in [5.41, 5.74) is -8.09. The maximum absolute atomic E-state index is 14.5. The number of carboxylic acid groups (broad SMARTS) is 1. The Kier molecular flexibility index (Phi) is 6.13. The molecule has 5 nitrogen and oxygen atoms in total. The molecule has 1 aromatic rings. The van der Waals surface area contributed by atoms with Crippen LogP contribution in [0.15, 0.2) is 18.2 Å². The van der Waals surface area contributed by atoms with Crippen LogP contribution in [0.1, 0.15) is 61.1 Å². The number of carbonyl (C=O) groups excluding carboxylic acids is 1. The first-order valence-electron chi connectivity index (χ1n) is 11.3. The Morgan fingerprint density at radius 3 is 2.09 bits per heavy atom. The summed E-state index contributed by atoms with van der Waals surface area (Å²) in [4.78, 5) is 25.9. The number of hydrogen-bond acceptors (Lipinski definition) is 3. The summed E-state index contributed by atoms with van der Waals surface area (Å²) in [5.74, 6) is -2.54. The van der Waals surface area contributed by atoms with Gasteiger partial charge in [-0.25, -0.2) is 4.39 Å². The third-order valence-electron chi connectivity index (χ3n) is 7.80. The standard InChI is InChI=1S/C23H24F7NO4/c24-21(22(25,26)27,23(28,29)30)14-2-3-15-13(11-14)1-4-17-16(15)7-10-31(17)19(34)20(35)8-5-12(6-9-20)18(32)33/h2-3,11-12,16-17,35H,1,4-10H2,(H,32,33)/t12?,16-,17+,20?/m0/s1. The minimum atomic E-state index is -6.19. The first kappa shape index (κ1) is 25.7. The van der Waals surface area contributed by atoms with Crippen molar-refractivity contribution >= 4 is 11.9 Å². The number of aryl methyl sites for hydroxylation is 1. The summed E-state index contributed by atoms with van der Waals surface area (Å²) >= 11 is 0. The number of aliphatic carboxylic acids is 1. The van der Waals surface area contributed by atoms with Gasteiger partial charge in [-0.1, -0.05) is 18.2 Å². The van der Waals surface area contributed by atoms with E-state index in [4.69, 9.17) is 5.11 Å². The van der Waals surface area contributed by atoms with Gasteiger partial charge in [0, 0.05) is 24.1 Å². The average molecular weight is 511 g/mol. The number of amides is 1. The lowest BCUT2D eigenvalue weighted by Gasteiger charge is -2.40. The molecule has 1 saturated heterocycles. The van der Waals surface area contributed by atoms with Gasteiger partial charge >= 0.3 is 24.0 Å². The van der Waals surface area contributed by atoms with Crippen LogP contribution in [-0.4, -0.2) is 57.5 Å². The molecule has 0 aromatic heterocycles. The average Bonchev–Trinajstić information content (AvgIpc) is 3.20. The van der Waals surface area contributed by atoms with Crippen molar-refractivity contribution in [3.05, 3.63) is 34.9 Å². The summed E-state index contributed by atoms with van der Waals surface area (Å²) in [5, 5.41) is 20.1. The minimum absolute atomic E-state index is 0.00982. The molecule has 3 aliphatic rings. The number of carboxylic acids is 1. The summed E-state index contributed by atoms with van der Waals surface area (Å²) in [6, 6.07) is 1.79. The van der Waals surface area contributed by atoms with Crippen LogP contribution < -0.4 is 0 Å². The third kappa shape index (κ3) is 4.07. The molecule has 0 unspecified atom stereocenters. The number of aliphatic hydroxyl groups is 1. The second-order valence-corrected chi connectivity index (χ2v) is 9.71. The largest absolute Gasteiger partial charge is 0.481 e. The zero-order valence-corrected chi connectivity index (χ0v) is 18.4. The van der Waals surface area contributed by atoms with Crippen molar-refractivity contribution in [1.29, 1.82) is 0 Å². The van der Waals surface area contributed by atoms with E-state index in [0.29, 0.717) is 24.1 Å². The second-order valence-electron chi connectivity index (χ2n) is 9.71. The Balaban J connectivity index is 1.57. The fourth-order valence-electron chi connectivity index (χ4n) is 5.84. The van der Waals surface area contributed by atoms with Gasteiger partial charge in [0.2, 0.25) is 0 Å². The molecule has 194 valence electrons. The van der Waals surface area contributed by atoms with E-state index in [0.717, 1.165) is 6.07 Å². The maximum atomic E-state index is 14.5. The Bertz CT molecular complexity index is 1000. The van der Waals surface area contributed by atoms with Crippen LogP contribution >= 0.6 is 0 Å². The van der Waals surface area contributed by atoms with Crippen LogP contribution in [0.4, 0.5) is 30.7 Å². The van der Waals surface area contributed by atoms with Gasteiger partial charge in [0.1, 0.15) is 5.60 Å². The molecule has 35 heavy (non-hydrogen) atoms. The monoisotopic (exact) mass is 511 g/mol. The van der Waals surface area contributed by atoms with E-state index in [1.165, 1.54) is 4.90 Å². The van der Waals surface area contributed by atoms with E-state index in [2.05, 4.69) is 0 Å². The van der Waals surface area contributed by atoms with Crippen molar-refractivity contribution in [3.63, 3.8) is 0 Å². The van der Waals surface area contributed by atoms with Gasteiger partial charge in [-0.15, -0.1) is 0 Å². The summed E-state index contributed by atoms with van der Waals surface area (Å²) in [6.45, 7) is 0.234. The van der Waals surface area contributed by atoms with Crippen LogP contribution in [0.3, 0.4) is 0 Å². The smallest absolute Gasteiger partial charge is 0.435 e. The van der Waals surface area contributed by atoms with E-state index < -0.39 is 53.0 Å². The normalized spacial score (nSPS) is 29.5. The number of hydrogen-bond donors (Lipinski definition) is 2. The van der Waals surface area contributed by atoms with Crippen molar-refractivity contribution in [2.24, 2.45) is 5.92 Å². The van der Waals surface area contributed by atoms with Crippen LogP contribution in [0, 0.1) is 5.92 Å². The fourth-order valence-corrected chi connectivity index (χ4v) is 5.84. The summed E-state index contributed by atoms with van der Waals surface area (Å²) < 4.78 is 93.5. The molecule has 0 bridgehead atoms. The SMILES string of the molecule is O=C(O)C1CCC(O)(C(=O)N2CC[C@H]3c4ccc(C(F)(C(F)(F)F)C(F)(F)F)cc4CC[C@H]32)CC1. The molecule has 1 amide bonds. The Hall–Kier alpha value is -2.37. The first-order chi connectivity index (χ1) is 16.1. The summed E-state index contributed by atoms with van der Waals surface area (Å²) in [6.07, 6.45) is -11.4. The quantitative estimate of drug-likeness (QED) is 0.581. The van der Waals surface area contributed by atoms with Crippen LogP contribution in [-0.2, 0) is 21.7 Å². The van der Waals surface area contributed by atoms with Gasteiger partial charge < -0.3 is 15.1 Å².